The van der Waals surface area contributed by atoms with Crippen LogP contribution >= 0.6 is 0 Å². The maximum absolute atomic E-state index is 11.4. The fraction of sp³-hybridized carbons (Fsp3) is 0.308. The van der Waals surface area contributed by atoms with Gasteiger partial charge in [0.1, 0.15) is 5.75 Å². The van der Waals surface area contributed by atoms with Gasteiger partial charge in [-0.15, -0.1) is 0 Å². The molecule has 0 saturated heterocycles. The van der Waals surface area contributed by atoms with Gasteiger partial charge in [-0.1, -0.05) is 0 Å². The molecule has 1 aromatic rings. The summed E-state index contributed by atoms with van der Waals surface area (Å²) in [4.78, 5) is 32.5. The number of primary amides is 1. The quantitative estimate of drug-likeness (QED) is 0.585. The van der Waals surface area contributed by atoms with Crippen molar-refractivity contribution in [3.8, 4) is 5.75 Å². The Kier molecular flexibility index (Phi) is 6.02. The average molecular weight is 280 g/mol. The van der Waals surface area contributed by atoms with Crippen molar-refractivity contribution < 1.29 is 24.2 Å². The first-order chi connectivity index (χ1) is 9.49. The minimum atomic E-state index is -0.898. The van der Waals surface area contributed by atoms with Crippen molar-refractivity contribution in [1.82, 2.24) is 5.32 Å². The Bertz CT molecular complexity index is 484. The minimum absolute atomic E-state index is 0.00964. The third kappa shape index (κ3) is 5.85. The van der Waals surface area contributed by atoms with Crippen molar-refractivity contribution in [3.05, 3.63) is 29.8 Å². The third-order valence-corrected chi connectivity index (χ3v) is 2.40. The van der Waals surface area contributed by atoms with E-state index in [4.69, 9.17) is 15.6 Å². The van der Waals surface area contributed by atoms with Gasteiger partial charge in [-0.25, -0.2) is 0 Å². The molecular formula is C13H16N2O5. The molecule has 7 nitrogen and oxygen atoms in total. The number of rotatable bonds is 8. The fourth-order valence-corrected chi connectivity index (χ4v) is 1.38. The number of aliphatic carboxylic acids is 1. The molecule has 0 unspecified atom stereocenters. The van der Waals surface area contributed by atoms with Crippen LogP contribution < -0.4 is 15.8 Å². The highest BCUT2D eigenvalue weighted by molar-refractivity contribution is 5.92. The number of hydrogen-bond acceptors (Lipinski definition) is 4. The molecule has 0 heterocycles. The van der Waals surface area contributed by atoms with E-state index in [0.29, 0.717) is 17.7 Å². The molecule has 0 saturated carbocycles. The van der Waals surface area contributed by atoms with Crippen LogP contribution in [0, 0.1) is 0 Å². The van der Waals surface area contributed by atoms with Crippen LogP contribution in [-0.2, 0) is 9.59 Å². The van der Waals surface area contributed by atoms with E-state index in [2.05, 4.69) is 5.32 Å². The summed E-state index contributed by atoms with van der Waals surface area (Å²) in [5, 5.41) is 11.0. The lowest BCUT2D eigenvalue weighted by atomic mass is 10.2. The number of carboxylic acid groups (broad SMARTS) is 1. The van der Waals surface area contributed by atoms with Crippen LogP contribution in [0.5, 0.6) is 5.75 Å². The zero-order chi connectivity index (χ0) is 15.0. The van der Waals surface area contributed by atoms with E-state index in [1.54, 1.807) is 0 Å². The van der Waals surface area contributed by atoms with Gasteiger partial charge >= 0.3 is 5.97 Å². The number of carbonyl (C=O) groups excluding carboxylic acids is 2. The maximum Gasteiger partial charge on any atom is 0.303 e. The molecule has 0 aliphatic heterocycles. The maximum atomic E-state index is 11.4. The van der Waals surface area contributed by atoms with Gasteiger partial charge in [-0.05, 0) is 30.7 Å². The highest BCUT2D eigenvalue weighted by Gasteiger charge is 2.04. The molecule has 1 aromatic carbocycles. The van der Waals surface area contributed by atoms with E-state index in [9.17, 15) is 14.4 Å². The Morgan fingerprint density at radius 1 is 1.20 bits per heavy atom. The molecule has 108 valence electrons. The Hall–Kier alpha value is -2.57. The van der Waals surface area contributed by atoms with E-state index in [1.807, 2.05) is 0 Å². The second-order valence-electron chi connectivity index (χ2n) is 4.02. The van der Waals surface area contributed by atoms with Gasteiger partial charge in [0.25, 0.3) is 5.91 Å². The van der Waals surface area contributed by atoms with Gasteiger partial charge in [0.15, 0.2) is 6.61 Å². The molecule has 0 aliphatic rings. The van der Waals surface area contributed by atoms with E-state index in [0.717, 1.165) is 0 Å². The molecular weight excluding hydrogens is 264 g/mol. The van der Waals surface area contributed by atoms with E-state index >= 15 is 0 Å². The molecule has 1 rings (SSSR count). The molecule has 4 N–H and O–H groups in total. The molecule has 0 aromatic heterocycles. The van der Waals surface area contributed by atoms with Gasteiger partial charge in [0.2, 0.25) is 5.91 Å². The van der Waals surface area contributed by atoms with Crippen LogP contribution in [0.15, 0.2) is 24.3 Å². The van der Waals surface area contributed by atoms with E-state index in [1.165, 1.54) is 24.3 Å². The topological polar surface area (TPSA) is 119 Å². The summed E-state index contributed by atoms with van der Waals surface area (Å²) in [6.45, 7) is 0.109. The second kappa shape index (κ2) is 7.78. The van der Waals surface area contributed by atoms with Gasteiger partial charge < -0.3 is 20.9 Å². The molecule has 0 bridgehead atoms. The summed E-state index contributed by atoms with van der Waals surface area (Å²) in [5.74, 6) is -1.33. The second-order valence-corrected chi connectivity index (χ2v) is 4.02. The first-order valence-electron chi connectivity index (χ1n) is 6.00. The predicted octanol–water partition coefficient (Wildman–Crippen LogP) is 0.145. The summed E-state index contributed by atoms with van der Waals surface area (Å²) < 4.78 is 5.20. The first kappa shape index (κ1) is 15.5. The minimum Gasteiger partial charge on any atom is -0.484 e. The number of nitrogens with two attached hydrogens (primary N) is 1. The van der Waals surface area contributed by atoms with Crippen LogP contribution in [0.2, 0.25) is 0 Å². The molecule has 20 heavy (non-hydrogen) atoms. The number of carboxylic acids is 1. The van der Waals surface area contributed by atoms with Crippen molar-refractivity contribution in [2.75, 3.05) is 13.2 Å². The van der Waals surface area contributed by atoms with Gasteiger partial charge in [-0.2, -0.15) is 0 Å². The molecule has 0 radical (unpaired) electrons. The van der Waals surface area contributed by atoms with Crippen LogP contribution in [-0.4, -0.2) is 36.0 Å². The predicted molar refractivity (Wildman–Crippen MR) is 70.3 cm³/mol. The highest BCUT2D eigenvalue weighted by atomic mass is 16.5. The number of benzene rings is 1. The van der Waals surface area contributed by atoms with Crippen molar-refractivity contribution >= 4 is 17.8 Å². The number of hydrogen-bond donors (Lipinski definition) is 3. The Labute approximate surface area is 115 Å². The SMILES string of the molecule is NC(=O)c1ccc(OCC(=O)NCCCC(=O)O)cc1. The standard InChI is InChI=1S/C13H16N2O5/c14-13(19)9-3-5-10(6-4-9)20-8-11(16)15-7-1-2-12(17)18/h3-6H,1-2,7-8H2,(H2,14,19)(H,15,16)(H,17,18). The Morgan fingerprint density at radius 3 is 2.40 bits per heavy atom. The fourth-order valence-electron chi connectivity index (χ4n) is 1.38. The first-order valence-corrected chi connectivity index (χ1v) is 6.00. The number of amides is 2. The highest BCUT2D eigenvalue weighted by Crippen LogP contribution is 2.11. The van der Waals surface area contributed by atoms with Crippen molar-refractivity contribution in [2.24, 2.45) is 5.73 Å². The lowest BCUT2D eigenvalue weighted by molar-refractivity contribution is -0.137. The molecule has 7 heteroatoms. The third-order valence-electron chi connectivity index (χ3n) is 2.40. The van der Waals surface area contributed by atoms with Gasteiger partial charge in [0.05, 0.1) is 0 Å². The van der Waals surface area contributed by atoms with E-state index < -0.39 is 11.9 Å². The van der Waals surface area contributed by atoms with Crippen molar-refractivity contribution in [3.63, 3.8) is 0 Å². The summed E-state index contributed by atoms with van der Waals surface area (Å²) in [5.41, 5.74) is 5.45. The summed E-state index contributed by atoms with van der Waals surface area (Å²) in [6.07, 6.45) is 0.379. The van der Waals surface area contributed by atoms with Crippen LogP contribution in [0.4, 0.5) is 0 Å². The molecule has 0 spiro atoms. The summed E-state index contributed by atoms with van der Waals surface area (Å²) in [7, 11) is 0. The average Bonchev–Trinajstić information content (AvgIpc) is 2.41. The molecule has 0 atom stereocenters. The number of carbonyl (C=O) groups is 3. The Morgan fingerprint density at radius 2 is 1.85 bits per heavy atom. The van der Waals surface area contributed by atoms with Crippen LogP contribution in [0.1, 0.15) is 23.2 Å². The Balaban J connectivity index is 2.26. The molecule has 2 amide bonds. The number of nitrogens with one attached hydrogen (secondary N) is 1. The molecule has 0 fully saturated rings. The zero-order valence-corrected chi connectivity index (χ0v) is 10.8. The normalized spacial score (nSPS) is 9.80. The van der Waals surface area contributed by atoms with Crippen molar-refractivity contribution in [1.29, 1.82) is 0 Å². The van der Waals surface area contributed by atoms with Crippen molar-refractivity contribution in [2.45, 2.75) is 12.8 Å². The van der Waals surface area contributed by atoms with Crippen LogP contribution in [0.3, 0.4) is 0 Å². The lowest BCUT2D eigenvalue weighted by Crippen LogP contribution is -2.29. The van der Waals surface area contributed by atoms with Gasteiger partial charge in [0, 0.05) is 18.5 Å². The summed E-state index contributed by atoms with van der Waals surface area (Å²) >= 11 is 0. The monoisotopic (exact) mass is 280 g/mol. The largest absolute Gasteiger partial charge is 0.484 e. The van der Waals surface area contributed by atoms with E-state index in [-0.39, 0.29) is 25.5 Å². The lowest BCUT2D eigenvalue weighted by Gasteiger charge is -2.07. The zero-order valence-electron chi connectivity index (χ0n) is 10.8. The smallest absolute Gasteiger partial charge is 0.303 e. The van der Waals surface area contributed by atoms with Crippen LogP contribution in [0.25, 0.3) is 0 Å². The molecule has 0 aliphatic carbocycles. The van der Waals surface area contributed by atoms with Gasteiger partial charge in [-0.3, -0.25) is 14.4 Å². The summed E-state index contributed by atoms with van der Waals surface area (Å²) in [6, 6.07) is 6.08. The number of ether oxygens (including phenoxy) is 1.